The van der Waals surface area contributed by atoms with Crippen LogP contribution in [0.1, 0.15) is 16.7 Å². The van der Waals surface area contributed by atoms with Crippen molar-refractivity contribution in [2.45, 2.75) is 6.61 Å². The van der Waals surface area contributed by atoms with E-state index in [1.165, 1.54) is 7.11 Å². The van der Waals surface area contributed by atoms with Gasteiger partial charge in [-0.25, -0.2) is 9.79 Å². The fraction of sp³-hybridized carbons (Fsp3) is 0.0833. The number of carbonyl (C=O) groups excluding carboxylic acids is 1. The maximum Gasteiger partial charge on any atom is 0.363 e. The molecule has 8 heteroatoms. The standard InChI is InChI=1S/C24H16BrCl2NO4/c1-30-21-12-15(10-19(27)22(21)31-13-14-5-4-6-16(25)9-14)11-20-24(29)32-23(28-20)17-7-2-3-8-18(17)26/h2-12H,13H2,1H3/b20-11-. The summed E-state index contributed by atoms with van der Waals surface area (Å²) < 4.78 is 17.6. The third-order valence-corrected chi connectivity index (χ3v) is 5.66. The zero-order valence-corrected chi connectivity index (χ0v) is 19.9. The Morgan fingerprint density at radius 2 is 1.88 bits per heavy atom. The van der Waals surface area contributed by atoms with Crippen molar-refractivity contribution in [3.63, 3.8) is 0 Å². The number of esters is 1. The number of carbonyl (C=O) groups is 1. The van der Waals surface area contributed by atoms with Crippen molar-refractivity contribution >= 4 is 57.1 Å². The normalized spacial score (nSPS) is 14.3. The van der Waals surface area contributed by atoms with Gasteiger partial charge >= 0.3 is 5.97 Å². The summed E-state index contributed by atoms with van der Waals surface area (Å²) in [5.74, 6) is 0.412. The number of aliphatic imine (C=N–C) groups is 1. The Hall–Kier alpha value is -2.80. The number of ether oxygens (including phenoxy) is 3. The molecule has 0 radical (unpaired) electrons. The SMILES string of the molecule is COc1cc(/C=C2\N=C(c3ccccc3Cl)OC2=O)cc(Cl)c1OCc1cccc(Br)c1. The summed E-state index contributed by atoms with van der Waals surface area (Å²) >= 11 is 16.1. The Labute approximate surface area is 203 Å². The lowest BCUT2D eigenvalue weighted by atomic mass is 10.1. The number of cyclic esters (lactones) is 1. The van der Waals surface area contributed by atoms with Gasteiger partial charge < -0.3 is 14.2 Å². The predicted octanol–water partition coefficient (Wildman–Crippen LogP) is 6.69. The van der Waals surface area contributed by atoms with Gasteiger partial charge in [0.25, 0.3) is 0 Å². The van der Waals surface area contributed by atoms with E-state index in [-0.39, 0.29) is 11.6 Å². The molecule has 0 unspecified atom stereocenters. The molecule has 1 heterocycles. The van der Waals surface area contributed by atoms with Gasteiger partial charge in [-0.1, -0.05) is 63.4 Å². The van der Waals surface area contributed by atoms with E-state index in [0.29, 0.717) is 39.3 Å². The highest BCUT2D eigenvalue weighted by atomic mass is 79.9. The number of hydrogen-bond acceptors (Lipinski definition) is 5. The lowest BCUT2D eigenvalue weighted by molar-refractivity contribution is -0.129. The fourth-order valence-corrected chi connectivity index (χ4v) is 4.00. The summed E-state index contributed by atoms with van der Waals surface area (Å²) in [4.78, 5) is 16.6. The minimum Gasteiger partial charge on any atom is -0.493 e. The smallest absolute Gasteiger partial charge is 0.363 e. The molecule has 0 aromatic heterocycles. The molecule has 0 saturated carbocycles. The van der Waals surface area contributed by atoms with Crippen molar-refractivity contribution < 1.29 is 19.0 Å². The summed E-state index contributed by atoms with van der Waals surface area (Å²) in [6.45, 7) is 0.313. The van der Waals surface area contributed by atoms with E-state index in [1.807, 2.05) is 24.3 Å². The first-order valence-electron chi connectivity index (χ1n) is 9.47. The first-order valence-corrected chi connectivity index (χ1v) is 11.0. The quantitative estimate of drug-likeness (QED) is 0.262. The Kier molecular flexibility index (Phi) is 6.84. The molecule has 3 aromatic carbocycles. The van der Waals surface area contributed by atoms with Gasteiger partial charge in [-0.2, -0.15) is 0 Å². The van der Waals surface area contributed by atoms with Crippen LogP contribution in [-0.4, -0.2) is 19.0 Å². The molecule has 0 spiro atoms. The zero-order valence-electron chi connectivity index (χ0n) is 16.8. The third kappa shape index (κ3) is 4.99. The minimum absolute atomic E-state index is 0.126. The lowest BCUT2D eigenvalue weighted by Gasteiger charge is -2.13. The minimum atomic E-state index is -0.579. The predicted molar refractivity (Wildman–Crippen MR) is 129 cm³/mol. The molecule has 0 atom stereocenters. The number of nitrogens with zero attached hydrogens (tertiary/aromatic N) is 1. The molecule has 0 fully saturated rings. The summed E-state index contributed by atoms with van der Waals surface area (Å²) in [5, 5.41) is 0.782. The molecule has 5 nitrogen and oxygen atoms in total. The van der Waals surface area contributed by atoms with Crippen molar-refractivity contribution in [1.82, 2.24) is 0 Å². The lowest BCUT2D eigenvalue weighted by Crippen LogP contribution is -2.05. The van der Waals surface area contributed by atoms with Crippen LogP contribution in [0.4, 0.5) is 0 Å². The highest BCUT2D eigenvalue weighted by Crippen LogP contribution is 2.38. The maximum atomic E-state index is 12.3. The average molecular weight is 533 g/mol. The molecule has 0 N–H and O–H groups in total. The number of methoxy groups -OCH3 is 1. The van der Waals surface area contributed by atoms with Gasteiger partial charge in [0.15, 0.2) is 17.2 Å². The second-order valence-corrected chi connectivity index (χ2v) is 8.50. The van der Waals surface area contributed by atoms with Crippen molar-refractivity contribution in [2.75, 3.05) is 7.11 Å². The third-order valence-electron chi connectivity index (χ3n) is 4.55. The molecular formula is C24H16BrCl2NO4. The highest BCUT2D eigenvalue weighted by Gasteiger charge is 2.25. The van der Waals surface area contributed by atoms with Gasteiger partial charge in [0.1, 0.15) is 6.61 Å². The Morgan fingerprint density at radius 1 is 1.06 bits per heavy atom. The van der Waals surface area contributed by atoms with Crippen LogP contribution in [0.2, 0.25) is 10.0 Å². The number of halogens is 3. The average Bonchev–Trinajstić information content (AvgIpc) is 3.13. The van der Waals surface area contributed by atoms with Crippen molar-refractivity contribution in [2.24, 2.45) is 4.99 Å². The molecule has 162 valence electrons. The van der Waals surface area contributed by atoms with Crippen LogP contribution in [-0.2, 0) is 16.1 Å². The Morgan fingerprint density at radius 3 is 2.62 bits per heavy atom. The monoisotopic (exact) mass is 531 g/mol. The van der Waals surface area contributed by atoms with Gasteiger partial charge in [0, 0.05) is 4.47 Å². The van der Waals surface area contributed by atoms with E-state index in [2.05, 4.69) is 20.9 Å². The summed E-state index contributed by atoms with van der Waals surface area (Å²) in [6, 6.07) is 18.2. The van der Waals surface area contributed by atoms with E-state index < -0.39 is 5.97 Å². The van der Waals surface area contributed by atoms with Crippen molar-refractivity contribution in [1.29, 1.82) is 0 Å². The van der Waals surface area contributed by atoms with Gasteiger partial charge in [-0.05, 0) is 53.6 Å². The van der Waals surface area contributed by atoms with Crippen LogP contribution in [0.15, 0.2) is 75.8 Å². The van der Waals surface area contributed by atoms with Gasteiger partial charge in [-0.15, -0.1) is 0 Å². The molecule has 32 heavy (non-hydrogen) atoms. The Balaban J connectivity index is 1.60. The van der Waals surface area contributed by atoms with E-state index in [1.54, 1.807) is 42.5 Å². The molecule has 1 aliphatic rings. The maximum absolute atomic E-state index is 12.3. The fourth-order valence-electron chi connectivity index (χ4n) is 3.06. The van der Waals surface area contributed by atoms with E-state index in [0.717, 1.165) is 10.0 Å². The molecule has 0 saturated heterocycles. The van der Waals surface area contributed by atoms with Gasteiger partial charge in [0.2, 0.25) is 5.90 Å². The zero-order chi connectivity index (χ0) is 22.7. The van der Waals surface area contributed by atoms with Crippen LogP contribution in [0, 0.1) is 0 Å². The topological polar surface area (TPSA) is 57.1 Å². The second-order valence-electron chi connectivity index (χ2n) is 6.77. The largest absolute Gasteiger partial charge is 0.493 e. The van der Waals surface area contributed by atoms with Crippen LogP contribution in [0.25, 0.3) is 6.08 Å². The highest BCUT2D eigenvalue weighted by molar-refractivity contribution is 9.10. The first kappa shape index (κ1) is 22.4. The molecule has 1 aliphatic heterocycles. The summed E-state index contributed by atoms with van der Waals surface area (Å²) in [7, 11) is 1.52. The molecule has 0 bridgehead atoms. The van der Waals surface area contributed by atoms with E-state index in [4.69, 9.17) is 37.4 Å². The molecular weight excluding hydrogens is 517 g/mol. The van der Waals surface area contributed by atoms with Crippen LogP contribution in [0.3, 0.4) is 0 Å². The van der Waals surface area contributed by atoms with Gasteiger partial charge in [0.05, 0.1) is 22.7 Å². The van der Waals surface area contributed by atoms with Crippen molar-refractivity contribution in [3.8, 4) is 11.5 Å². The van der Waals surface area contributed by atoms with Crippen LogP contribution in [0.5, 0.6) is 11.5 Å². The van der Waals surface area contributed by atoms with E-state index >= 15 is 0 Å². The molecule has 0 aliphatic carbocycles. The molecule has 3 aromatic rings. The van der Waals surface area contributed by atoms with Gasteiger partial charge in [-0.3, -0.25) is 0 Å². The number of rotatable bonds is 6. The first-order chi connectivity index (χ1) is 15.4. The van der Waals surface area contributed by atoms with Crippen LogP contribution >= 0.6 is 39.1 Å². The summed E-state index contributed by atoms with van der Waals surface area (Å²) in [5.41, 5.74) is 2.25. The molecule has 4 rings (SSSR count). The van der Waals surface area contributed by atoms with Crippen LogP contribution < -0.4 is 9.47 Å². The summed E-state index contributed by atoms with van der Waals surface area (Å²) in [6.07, 6.45) is 1.57. The number of hydrogen-bond donors (Lipinski definition) is 0. The van der Waals surface area contributed by atoms with Crippen molar-refractivity contribution in [3.05, 3.63) is 97.6 Å². The molecule has 0 amide bonds. The number of benzene rings is 3. The second kappa shape index (κ2) is 9.77. The Bertz CT molecular complexity index is 1260. The van der Waals surface area contributed by atoms with E-state index in [9.17, 15) is 4.79 Å².